The molecule has 4 N–H and O–H groups in total. The zero-order valence-electron chi connectivity index (χ0n) is 12.5. The van der Waals surface area contributed by atoms with Crippen molar-refractivity contribution >= 4 is 5.91 Å². The SMILES string of the molecule is NC(CC(=O)NCC(O)Cc1ccccc1)c1ccccc1. The molecule has 2 atom stereocenters. The average molecular weight is 298 g/mol. The molecule has 2 aromatic rings. The largest absolute Gasteiger partial charge is 0.391 e. The maximum absolute atomic E-state index is 11.9. The van der Waals surface area contributed by atoms with E-state index in [1.807, 2.05) is 60.7 Å². The van der Waals surface area contributed by atoms with E-state index in [2.05, 4.69) is 5.32 Å². The Kier molecular flexibility index (Phi) is 6.13. The van der Waals surface area contributed by atoms with Crippen LogP contribution in [0.5, 0.6) is 0 Å². The van der Waals surface area contributed by atoms with Crippen molar-refractivity contribution in [1.82, 2.24) is 5.32 Å². The summed E-state index contributed by atoms with van der Waals surface area (Å²) in [5.74, 6) is -0.150. The molecule has 0 aliphatic heterocycles. The average Bonchev–Trinajstić information content (AvgIpc) is 2.55. The van der Waals surface area contributed by atoms with Gasteiger partial charge in [0.05, 0.1) is 6.10 Å². The number of rotatable bonds is 7. The van der Waals surface area contributed by atoms with Crippen molar-refractivity contribution in [2.75, 3.05) is 6.54 Å². The summed E-state index contributed by atoms with van der Waals surface area (Å²) in [4.78, 5) is 11.9. The molecule has 0 fully saturated rings. The van der Waals surface area contributed by atoms with E-state index in [1.165, 1.54) is 0 Å². The molecular formula is C18H22N2O2. The van der Waals surface area contributed by atoms with E-state index in [1.54, 1.807) is 0 Å². The Morgan fingerprint density at radius 3 is 2.27 bits per heavy atom. The highest BCUT2D eigenvalue weighted by Crippen LogP contribution is 2.12. The molecule has 22 heavy (non-hydrogen) atoms. The third-order valence-electron chi connectivity index (χ3n) is 3.48. The fourth-order valence-corrected chi connectivity index (χ4v) is 2.28. The van der Waals surface area contributed by atoms with Gasteiger partial charge in [-0.05, 0) is 11.1 Å². The summed E-state index contributed by atoms with van der Waals surface area (Å²) in [6.45, 7) is 0.231. The Labute approximate surface area is 131 Å². The van der Waals surface area contributed by atoms with Crippen LogP contribution in [0.25, 0.3) is 0 Å². The molecular weight excluding hydrogens is 276 g/mol. The van der Waals surface area contributed by atoms with Crippen LogP contribution < -0.4 is 11.1 Å². The number of carbonyl (C=O) groups is 1. The maximum atomic E-state index is 11.9. The number of aliphatic hydroxyl groups is 1. The topological polar surface area (TPSA) is 75.4 Å². The summed E-state index contributed by atoms with van der Waals surface area (Å²) in [7, 11) is 0. The second-order valence-corrected chi connectivity index (χ2v) is 5.37. The van der Waals surface area contributed by atoms with Crippen LogP contribution in [-0.4, -0.2) is 23.7 Å². The molecule has 0 aliphatic rings. The van der Waals surface area contributed by atoms with Crippen molar-refractivity contribution in [3.63, 3.8) is 0 Å². The van der Waals surface area contributed by atoms with Crippen molar-refractivity contribution in [1.29, 1.82) is 0 Å². The van der Waals surface area contributed by atoms with Crippen molar-refractivity contribution in [3.8, 4) is 0 Å². The van der Waals surface area contributed by atoms with Gasteiger partial charge in [0, 0.05) is 25.4 Å². The molecule has 0 heterocycles. The molecule has 2 rings (SSSR count). The minimum Gasteiger partial charge on any atom is -0.391 e. The van der Waals surface area contributed by atoms with E-state index < -0.39 is 6.10 Å². The number of nitrogens with two attached hydrogens (primary N) is 1. The van der Waals surface area contributed by atoms with E-state index in [-0.39, 0.29) is 24.9 Å². The number of benzene rings is 2. The molecule has 0 spiro atoms. The Bertz CT molecular complexity index is 572. The molecule has 0 aliphatic carbocycles. The van der Waals surface area contributed by atoms with Crippen LogP contribution in [0, 0.1) is 0 Å². The first-order valence-corrected chi connectivity index (χ1v) is 7.44. The van der Waals surface area contributed by atoms with Gasteiger partial charge < -0.3 is 16.2 Å². The van der Waals surface area contributed by atoms with Gasteiger partial charge in [0.2, 0.25) is 5.91 Å². The van der Waals surface area contributed by atoms with Crippen molar-refractivity contribution < 1.29 is 9.90 Å². The molecule has 0 aromatic heterocycles. The molecule has 0 saturated heterocycles. The van der Waals surface area contributed by atoms with Gasteiger partial charge in [-0.3, -0.25) is 4.79 Å². The van der Waals surface area contributed by atoms with E-state index in [4.69, 9.17) is 5.73 Å². The predicted molar refractivity (Wildman–Crippen MR) is 87.1 cm³/mol. The first kappa shape index (κ1) is 16.2. The van der Waals surface area contributed by atoms with Gasteiger partial charge in [0.15, 0.2) is 0 Å². The quantitative estimate of drug-likeness (QED) is 0.729. The van der Waals surface area contributed by atoms with Crippen LogP contribution in [0.3, 0.4) is 0 Å². The lowest BCUT2D eigenvalue weighted by Gasteiger charge is -2.14. The monoisotopic (exact) mass is 298 g/mol. The van der Waals surface area contributed by atoms with Crippen LogP contribution in [0.15, 0.2) is 60.7 Å². The van der Waals surface area contributed by atoms with Gasteiger partial charge in [0.25, 0.3) is 0 Å². The maximum Gasteiger partial charge on any atom is 0.221 e. The normalized spacial score (nSPS) is 13.4. The van der Waals surface area contributed by atoms with Crippen LogP contribution in [0.4, 0.5) is 0 Å². The molecule has 4 heteroatoms. The third-order valence-corrected chi connectivity index (χ3v) is 3.48. The fourth-order valence-electron chi connectivity index (χ4n) is 2.28. The van der Waals surface area contributed by atoms with E-state index in [0.717, 1.165) is 11.1 Å². The lowest BCUT2D eigenvalue weighted by atomic mass is 10.0. The first-order valence-electron chi connectivity index (χ1n) is 7.44. The van der Waals surface area contributed by atoms with E-state index in [9.17, 15) is 9.90 Å². The number of hydrogen-bond acceptors (Lipinski definition) is 3. The lowest BCUT2D eigenvalue weighted by Crippen LogP contribution is -2.34. The van der Waals surface area contributed by atoms with Crippen LogP contribution >= 0.6 is 0 Å². The number of amides is 1. The minimum absolute atomic E-state index is 0.150. The molecule has 4 nitrogen and oxygen atoms in total. The Morgan fingerprint density at radius 2 is 1.64 bits per heavy atom. The summed E-state index contributed by atoms with van der Waals surface area (Å²) >= 11 is 0. The first-order chi connectivity index (χ1) is 10.6. The summed E-state index contributed by atoms with van der Waals surface area (Å²) < 4.78 is 0. The van der Waals surface area contributed by atoms with E-state index >= 15 is 0 Å². The smallest absolute Gasteiger partial charge is 0.221 e. The molecule has 2 unspecified atom stereocenters. The van der Waals surface area contributed by atoms with Crippen molar-refractivity contribution in [3.05, 3.63) is 71.8 Å². The van der Waals surface area contributed by atoms with Crippen molar-refractivity contribution in [2.45, 2.75) is 25.0 Å². The minimum atomic E-state index is -0.598. The van der Waals surface area contributed by atoms with Gasteiger partial charge in [-0.1, -0.05) is 60.7 Å². The van der Waals surface area contributed by atoms with Crippen LogP contribution in [-0.2, 0) is 11.2 Å². The predicted octanol–water partition coefficient (Wildman–Crippen LogP) is 1.80. The summed E-state index contributed by atoms with van der Waals surface area (Å²) in [5.41, 5.74) is 7.98. The molecule has 0 saturated carbocycles. The summed E-state index contributed by atoms with van der Waals surface area (Å²) in [6.07, 6.45) is 0.132. The summed E-state index contributed by atoms with van der Waals surface area (Å²) in [6, 6.07) is 18.9. The zero-order valence-corrected chi connectivity index (χ0v) is 12.5. The highest BCUT2D eigenvalue weighted by atomic mass is 16.3. The molecule has 2 aromatic carbocycles. The van der Waals surface area contributed by atoms with Gasteiger partial charge in [-0.15, -0.1) is 0 Å². The van der Waals surface area contributed by atoms with Crippen LogP contribution in [0.1, 0.15) is 23.6 Å². The highest BCUT2D eigenvalue weighted by Gasteiger charge is 2.13. The van der Waals surface area contributed by atoms with Gasteiger partial charge >= 0.3 is 0 Å². The highest BCUT2D eigenvalue weighted by molar-refractivity contribution is 5.76. The van der Waals surface area contributed by atoms with Gasteiger partial charge in [-0.2, -0.15) is 0 Å². The second kappa shape index (κ2) is 8.32. The van der Waals surface area contributed by atoms with Gasteiger partial charge in [-0.25, -0.2) is 0 Å². The Morgan fingerprint density at radius 1 is 1.05 bits per heavy atom. The number of aliphatic hydroxyl groups excluding tert-OH is 1. The number of nitrogens with one attached hydrogen (secondary N) is 1. The Hall–Kier alpha value is -2.17. The standard InChI is InChI=1S/C18H22N2O2/c19-17(15-9-5-2-6-10-15)12-18(22)20-13-16(21)11-14-7-3-1-4-8-14/h1-10,16-17,21H,11-13,19H2,(H,20,22). The number of hydrogen-bond donors (Lipinski definition) is 3. The van der Waals surface area contributed by atoms with Crippen LogP contribution in [0.2, 0.25) is 0 Å². The Balaban J connectivity index is 1.73. The second-order valence-electron chi connectivity index (χ2n) is 5.37. The molecule has 116 valence electrons. The zero-order chi connectivity index (χ0) is 15.8. The third kappa shape index (κ3) is 5.31. The number of carbonyl (C=O) groups excluding carboxylic acids is 1. The molecule has 1 amide bonds. The van der Waals surface area contributed by atoms with Gasteiger partial charge in [0.1, 0.15) is 0 Å². The van der Waals surface area contributed by atoms with Crippen molar-refractivity contribution in [2.24, 2.45) is 5.73 Å². The molecule has 0 radical (unpaired) electrons. The molecule has 0 bridgehead atoms. The summed E-state index contributed by atoms with van der Waals surface area (Å²) in [5, 5.41) is 12.7. The lowest BCUT2D eigenvalue weighted by molar-refractivity contribution is -0.121. The van der Waals surface area contributed by atoms with E-state index in [0.29, 0.717) is 6.42 Å². The fraction of sp³-hybridized carbons (Fsp3) is 0.278.